The van der Waals surface area contributed by atoms with Crippen LogP contribution in [0.5, 0.6) is 0 Å². The van der Waals surface area contributed by atoms with Gasteiger partial charge in [0.15, 0.2) is 0 Å². The maximum absolute atomic E-state index is 12.5. The lowest BCUT2D eigenvalue weighted by molar-refractivity contribution is -0.137. The van der Waals surface area contributed by atoms with Crippen molar-refractivity contribution >= 4 is 17.8 Å². The highest BCUT2D eigenvalue weighted by molar-refractivity contribution is 5.90. The highest BCUT2D eigenvalue weighted by Crippen LogP contribution is 2.24. The molecule has 0 fully saturated rings. The predicted octanol–water partition coefficient (Wildman–Crippen LogP) is 4.99. The summed E-state index contributed by atoms with van der Waals surface area (Å²) in [5.41, 5.74) is 2.59. The van der Waals surface area contributed by atoms with Gasteiger partial charge in [-0.15, -0.1) is 0 Å². The van der Waals surface area contributed by atoms with Crippen LogP contribution in [0.25, 0.3) is 11.3 Å². The number of hydrogen-bond acceptors (Lipinski definition) is 4. The molecule has 0 aliphatic heterocycles. The van der Waals surface area contributed by atoms with E-state index in [1.807, 2.05) is 49.4 Å². The number of carboxylic acid groups (broad SMARTS) is 1. The molecule has 0 saturated carbocycles. The first-order valence-electron chi connectivity index (χ1n) is 11.5. The van der Waals surface area contributed by atoms with Gasteiger partial charge in [-0.1, -0.05) is 69.9 Å². The summed E-state index contributed by atoms with van der Waals surface area (Å²) in [5.74, 6) is -0.261. The van der Waals surface area contributed by atoms with Crippen LogP contribution in [0.2, 0.25) is 0 Å². The van der Waals surface area contributed by atoms with E-state index in [9.17, 15) is 9.59 Å². The molecule has 2 aromatic rings. The molecule has 7 heteroatoms. The molecule has 0 unspecified atom stereocenters. The fourth-order valence-corrected chi connectivity index (χ4v) is 3.53. The topological polar surface area (TPSA) is 94.6 Å². The second kappa shape index (κ2) is 13.5. The molecule has 32 heavy (non-hydrogen) atoms. The normalized spacial score (nSPS) is 11.7. The Labute approximate surface area is 191 Å². The van der Waals surface area contributed by atoms with E-state index in [2.05, 4.69) is 22.5 Å². The molecule has 0 spiro atoms. The number of unbranched alkanes of at least 4 members (excludes halogenated alkanes) is 4. The fourth-order valence-electron chi connectivity index (χ4n) is 3.53. The minimum Gasteiger partial charge on any atom is -0.481 e. The lowest BCUT2D eigenvalue weighted by atomic mass is 10.0. The molecule has 7 nitrogen and oxygen atoms in total. The highest BCUT2D eigenvalue weighted by atomic mass is 16.4. The molecular formula is C25H36N4O3. The molecule has 0 saturated heterocycles. The molecule has 3 N–H and O–H groups in total. The van der Waals surface area contributed by atoms with Crippen LogP contribution in [0.15, 0.2) is 42.5 Å². The molecule has 1 aromatic carbocycles. The number of urea groups is 1. The molecule has 174 valence electrons. The number of amides is 2. The molecule has 1 atom stereocenters. The summed E-state index contributed by atoms with van der Waals surface area (Å²) in [6.45, 7) is 5.50. The van der Waals surface area contributed by atoms with Crippen LogP contribution in [-0.2, 0) is 4.79 Å². The molecule has 2 rings (SSSR count). The largest absolute Gasteiger partial charge is 0.481 e. The average molecular weight is 441 g/mol. The highest BCUT2D eigenvalue weighted by Gasteiger charge is 2.15. The Morgan fingerprint density at radius 3 is 2.41 bits per heavy atom. The minimum absolute atomic E-state index is 0.0272. The number of aliphatic carboxylic acids is 1. The summed E-state index contributed by atoms with van der Waals surface area (Å²) < 4.78 is 0. The first-order chi connectivity index (χ1) is 15.5. The summed E-state index contributed by atoms with van der Waals surface area (Å²) in [5, 5.41) is 15.3. The van der Waals surface area contributed by atoms with Gasteiger partial charge >= 0.3 is 12.0 Å². The van der Waals surface area contributed by atoms with Gasteiger partial charge in [-0.2, -0.15) is 0 Å². The van der Waals surface area contributed by atoms with Crippen molar-refractivity contribution in [2.24, 2.45) is 0 Å². The van der Waals surface area contributed by atoms with E-state index in [0.717, 1.165) is 29.7 Å². The number of aromatic nitrogens is 1. The van der Waals surface area contributed by atoms with Crippen LogP contribution in [0, 0.1) is 0 Å². The van der Waals surface area contributed by atoms with E-state index in [1.165, 1.54) is 24.2 Å². The zero-order valence-corrected chi connectivity index (χ0v) is 19.4. The monoisotopic (exact) mass is 440 g/mol. The summed E-state index contributed by atoms with van der Waals surface area (Å²) in [7, 11) is 1.72. The number of carbonyl (C=O) groups excluding carboxylic acids is 1. The zero-order valence-electron chi connectivity index (χ0n) is 19.4. The number of nitrogens with one attached hydrogen (secondary N) is 2. The number of nitrogens with zero attached hydrogens (tertiary/aromatic N) is 2. The van der Waals surface area contributed by atoms with Gasteiger partial charge < -0.3 is 15.7 Å². The van der Waals surface area contributed by atoms with E-state index in [4.69, 9.17) is 5.11 Å². The van der Waals surface area contributed by atoms with Gasteiger partial charge in [0.2, 0.25) is 0 Å². The lowest BCUT2D eigenvalue weighted by Crippen LogP contribution is -2.38. The van der Waals surface area contributed by atoms with Crippen LogP contribution in [0.1, 0.15) is 64.0 Å². The second-order valence-corrected chi connectivity index (χ2v) is 7.92. The molecule has 0 bridgehead atoms. The van der Waals surface area contributed by atoms with Crippen molar-refractivity contribution in [3.8, 4) is 11.3 Å². The maximum atomic E-state index is 12.5. The van der Waals surface area contributed by atoms with Crippen molar-refractivity contribution in [1.82, 2.24) is 15.6 Å². The van der Waals surface area contributed by atoms with Crippen LogP contribution >= 0.6 is 0 Å². The third kappa shape index (κ3) is 7.96. The van der Waals surface area contributed by atoms with Crippen LogP contribution in [0.3, 0.4) is 0 Å². The predicted molar refractivity (Wildman–Crippen MR) is 129 cm³/mol. The number of benzene rings is 1. The first kappa shape index (κ1) is 25.3. The molecule has 0 aliphatic rings. The van der Waals surface area contributed by atoms with E-state index < -0.39 is 5.97 Å². The van der Waals surface area contributed by atoms with Crippen molar-refractivity contribution in [2.75, 3.05) is 25.0 Å². The van der Waals surface area contributed by atoms with Gasteiger partial charge in [0.25, 0.3) is 0 Å². The Hall–Kier alpha value is -2.93. The molecule has 0 aliphatic carbocycles. The van der Waals surface area contributed by atoms with Crippen molar-refractivity contribution in [3.63, 3.8) is 0 Å². The van der Waals surface area contributed by atoms with Gasteiger partial charge in [-0.3, -0.25) is 9.69 Å². The number of anilines is 1. The smallest absolute Gasteiger partial charge is 0.322 e. The van der Waals surface area contributed by atoms with Gasteiger partial charge in [-0.25, -0.2) is 9.78 Å². The Kier molecular flexibility index (Phi) is 10.7. The first-order valence-corrected chi connectivity index (χ1v) is 11.5. The second-order valence-electron chi connectivity index (χ2n) is 7.92. The molecule has 1 heterocycles. The molecule has 2 amide bonds. The summed E-state index contributed by atoms with van der Waals surface area (Å²) >= 11 is 0. The maximum Gasteiger partial charge on any atom is 0.322 e. The van der Waals surface area contributed by atoms with E-state index in [-0.39, 0.29) is 18.5 Å². The fraction of sp³-hybridized carbons (Fsp3) is 0.480. The standard InChI is InChI=1S/C25H36N4O3/c1-4-6-7-8-9-17-27-25(32)29(3)23-12-10-11-21(28-23)19-13-15-20(16-14-19)22(26-5-2)18-24(30)31/h10-16,22,26H,4-9,17-18H2,1-3H3,(H,27,32)(H,30,31)/t22-/m0/s1. The van der Waals surface area contributed by atoms with E-state index >= 15 is 0 Å². The van der Waals surface area contributed by atoms with Gasteiger partial charge in [0.05, 0.1) is 12.1 Å². The summed E-state index contributed by atoms with van der Waals surface area (Å²) in [6, 6.07) is 12.9. The molecule has 1 aromatic heterocycles. The van der Waals surface area contributed by atoms with Gasteiger partial charge in [-0.05, 0) is 30.7 Å². The van der Waals surface area contributed by atoms with Gasteiger partial charge in [0, 0.05) is 25.2 Å². The lowest BCUT2D eigenvalue weighted by Gasteiger charge is -2.18. The Bertz CT molecular complexity index is 855. The quantitative estimate of drug-likeness (QED) is 0.382. The number of carboxylic acids is 1. The van der Waals surface area contributed by atoms with Crippen molar-refractivity contribution in [3.05, 3.63) is 48.0 Å². The SMILES string of the molecule is CCCCCCCNC(=O)N(C)c1cccc(-c2ccc([C@H](CC(=O)O)NCC)cc2)n1. The number of rotatable bonds is 13. The van der Waals surface area contributed by atoms with E-state index in [0.29, 0.717) is 18.9 Å². The Morgan fingerprint density at radius 1 is 1.03 bits per heavy atom. The van der Waals surface area contributed by atoms with Crippen LogP contribution < -0.4 is 15.5 Å². The zero-order chi connectivity index (χ0) is 23.3. The Balaban J connectivity index is 2.02. The van der Waals surface area contributed by atoms with Crippen LogP contribution in [0.4, 0.5) is 10.6 Å². The summed E-state index contributed by atoms with van der Waals surface area (Å²) in [6.07, 6.45) is 5.78. The number of carbonyl (C=O) groups is 2. The summed E-state index contributed by atoms with van der Waals surface area (Å²) in [4.78, 5) is 29.8. The number of hydrogen-bond donors (Lipinski definition) is 3. The Morgan fingerprint density at radius 2 is 1.75 bits per heavy atom. The third-order valence-corrected chi connectivity index (χ3v) is 5.38. The molecular weight excluding hydrogens is 404 g/mol. The minimum atomic E-state index is -0.836. The number of pyridine rings is 1. The third-order valence-electron chi connectivity index (χ3n) is 5.38. The van der Waals surface area contributed by atoms with E-state index in [1.54, 1.807) is 7.05 Å². The average Bonchev–Trinajstić information content (AvgIpc) is 2.80. The van der Waals surface area contributed by atoms with Gasteiger partial charge in [0.1, 0.15) is 5.82 Å². The van der Waals surface area contributed by atoms with Crippen molar-refractivity contribution < 1.29 is 14.7 Å². The van der Waals surface area contributed by atoms with Crippen LogP contribution in [-0.4, -0.2) is 42.2 Å². The molecule has 0 radical (unpaired) electrons. The van der Waals surface area contributed by atoms with Crippen molar-refractivity contribution in [1.29, 1.82) is 0 Å². The van der Waals surface area contributed by atoms with Crippen molar-refractivity contribution in [2.45, 2.75) is 58.4 Å².